The third-order valence-corrected chi connectivity index (χ3v) is 4.52. The molecule has 1 saturated heterocycles. The molecular weight excluding hydrogens is 262 g/mol. The van der Waals surface area contributed by atoms with Gasteiger partial charge in [0, 0.05) is 29.2 Å². The van der Waals surface area contributed by atoms with E-state index in [1.165, 1.54) is 25.9 Å². The molecule has 0 bridgehead atoms. The molecule has 0 spiro atoms. The van der Waals surface area contributed by atoms with Crippen molar-refractivity contribution in [3.8, 4) is 0 Å². The summed E-state index contributed by atoms with van der Waals surface area (Å²) in [6, 6.07) is 7.76. The van der Waals surface area contributed by atoms with Gasteiger partial charge in [0.2, 0.25) is 0 Å². The van der Waals surface area contributed by atoms with E-state index in [9.17, 15) is 4.79 Å². The highest BCUT2D eigenvalue weighted by Gasteiger charge is 2.17. The molecule has 2 N–H and O–H groups in total. The topological polar surface area (TPSA) is 48.1 Å². The number of nitrogens with zero attached hydrogens (tertiary/aromatic N) is 1. The Bertz CT molecular complexity index is 611. The Balaban J connectivity index is 1.54. The molecule has 1 amide bonds. The van der Waals surface area contributed by atoms with Crippen LogP contribution in [0.5, 0.6) is 0 Å². The maximum absolute atomic E-state index is 12.3. The zero-order valence-corrected chi connectivity index (χ0v) is 12.6. The summed E-state index contributed by atoms with van der Waals surface area (Å²) >= 11 is 0. The van der Waals surface area contributed by atoms with Crippen LogP contribution in [0.15, 0.2) is 30.5 Å². The van der Waals surface area contributed by atoms with Crippen LogP contribution in [-0.4, -0.2) is 42.5 Å². The molecule has 21 heavy (non-hydrogen) atoms. The molecule has 1 aromatic carbocycles. The lowest BCUT2D eigenvalue weighted by molar-refractivity contribution is 0.0950. The first kappa shape index (κ1) is 14.1. The van der Waals surface area contributed by atoms with Crippen LogP contribution in [0, 0.1) is 5.92 Å². The largest absolute Gasteiger partial charge is 0.361 e. The molecule has 1 aromatic heterocycles. The first-order valence-electron chi connectivity index (χ1n) is 7.77. The van der Waals surface area contributed by atoms with Crippen molar-refractivity contribution >= 4 is 16.8 Å². The highest BCUT2D eigenvalue weighted by Crippen LogP contribution is 2.19. The van der Waals surface area contributed by atoms with Crippen molar-refractivity contribution in [2.24, 2.45) is 5.92 Å². The van der Waals surface area contributed by atoms with Crippen molar-refractivity contribution in [2.75, 3.05) is 26.7 Å². The van der Waals surface area contributed by atoms with Crippen LogP contribution in [0.25, 0.3) is 10.9 Å². The van der Waals surface area contributed by atoms with Crippen molar-refractivity contribution in [2.45, 2.75) is 19.3 Å². The highest BCUT2D eigenvalue weighted by molar-refractivity contribution is 6.06. The lowest BCUT2D eigenvalue weighted by Gasteiger charge is -2.28. The summed E-state index contributed by atoms with van der Waals surface area (Å²) in [6.07, 6.45) is 5.46. The minimum absolute atomic E-state index is 0.0353. The average molecular weight is 285 g/mol. The molecule has 0 saturated carbocycles. The predicted molar refractivity (Wildman–Crippen MR) is 85.5 cm³/mol. The molecule has 2 heterocycles. The van der Waals surface area contributed by atoms with Gasteiger partial charge in [0.15, 0.2) is 0 Å². The molecule has 3 rings (SSSR count). The second kappa shape index (κ2) is 6.31. The van der Waals surface area contributed by atoms with Crippen LogP contribution < -0.4 is 5.32 Å². The quantitative estimate of drug-likeness (QED) is 0.907. The normalized spacial score (nSPS) is 17.2. The third-order valence-electron chi connectivity index (χ3n) is 4.52. The number of amides is 1. The van der Waals surface area contributed by atoms with Crippen molar-refractivity contribution in [1.82, 2.24) is 15.2 Å². The standard InChI is InChI=1S/C17H23N3O/c1-20-11-7-13(8-12-20)5-9-19-17(21)15-3-2-4-16-14(15)6-10-18-16/h2-4,6,10,13,18H,5,7-9,11-12H2,1H3,(H,19,21). The second-order valence-corrected chi connectivity index (χ2v) is 6.04. The average Bonchev–Trinajstić information content (AvgIpc) is 2.97. The van der Waals surface area contributed by atoms with Crippen LogP contribution >= 0.6 is 0 Å². The summed E-state index contributed by atoms with van der Waals surface area (Å²) in [4.78, 5) is 17.8. The van der Waals surface area contributed by atoms with Gasteiger partial charge in [-0.15, -0.1) is 0 Å². The maximum Gasteiger partial charge on any atom is 0.251 e. The molecule has 0 aliphatic carbocycles. The fourth-order valence-electron chi connectivity index (χ4n) is 3.12. The zero-order chi connectivity index (χ0) is 14.7. The van der Waals surface area contributed by atoms with Gasteiger partial charge in [0.25, 0.3) is 5.91 Å². The highest BCUT2D eigenvalue weighted by atomic mass is 16.1. The lowest BCUT2D eigenvalue weighted by Crippen LogP contribution is -2.32. The summed E-state index contributed by atoms with van der Waals surface area (Å²) in [5.74, 6) is 0.790. The number of likely N-dealkylation sites (tertiary alicyclic amines) is 1. The van der Waals surface area contributed by atoms with Gasteiger partial charge in [0.05, 0.1) is 0 Å². The smallest absolute Gasteiger partial charge is 0.251 e. The molecule has 2 aromatic rings. The Morgan fingerprint density at radius 2 is 2.14 bits per heavy atom. The van der Waals surface area contributed by atoms with Gasteiger partial charge in [-0.2, -0.15) is 0 Å². The molecule has 1 fully saturated rings. The number of benzene rings is 1. The van der Waals surface area contributed by atoms with E-state index in [1.54, 1.807) is 0 Å². The van der Waals surface area contributed by atoms with E-state index in [-0.39, 0.29) is 5.91 Å². The number of rotatable bonds is 4. The first-order chi connectivity index (χ1) is 10.2. The van der Waals surface area contributed by atoms with Gasteiger partial charge < -0.3 is 15.2 Å². The zero-order valence-electron chi connectivity index (χ0n) is 12.6. The van der Waals surface area contributed by atoms with E-state index < -0.39 is 0 Å². The SMILES string of the molecule is CN1CCC(CCNC(=O)c2cccc3[nH]ccc23)CC1. The van der Waals surface area contributed by atoms with Gasteiger partial charge >= 0.3 is 0 Å². The van der Waals surface area contributed by atoms with Crippen LogP contribution in [-0.2, 0) is 0 Å². The number of aromatic nitrogens is 1. The number of fused-ring (bicyclic) bond motifs is 1. The van der Waals surface area contributed by atoms with Crippen LogP contribution in [0.4, 0.5) is 0 Å². The van der Waals surface area contributed by atoms with Crippen LogP contribution in [0.2, 0.25) is 0 Å². The molecule has 112 valence electrons. The van der Waals surface area contributed by atoms with E-state index in [1.807, 2.05) is 30.5 Å². The van der Waals surface area contributed by atoms with Crippen molar-refractivity contribution in [3.05, 3.63) is 36.0 Å². The second-order valence-electron chi connectivity index (χ2n) is 6.04. The number of H-pyrrole nitrogens is 1. The minimum Gasteiger partial charge on any atom is -0.361 e. The van der Waals surface area contributed by atoms with Crippen molar-refractivity contribution < 1.29 is 4.79 Å². The Morgan fingerprint density at radius 1 is 1.33 bits per heavy atom. The Hall–Kier alpha value is -1.81. The number of aromatic amines is 1. The lowest BCUT2D eigenvalue weighted by atomic mass is 9.94. The summed E-state index contributed by atoms with van der Waals surface area (Å²) in [6.45, 7) is 3.14. The molecule has 0 unspecified atom stereocenters. The van der Waals surface area contributed by atoms with Crippen LogP contribution in [0.3, 0.4) is 0 Å². The summed E-state index contributed by atoms with van der Waals surface area (Å²) in [7, 11) is 2.18. The molecule has 0 radical (unpaired) electrons. The van der Waals surface area contributed by atoms with E-state index in [4.69, 9.17) is 0 Å². The predicted octanol–water partition coefficient (Wildman–Crippen LogP) is 2.63. The first-order valence-corrected chi connectivity index (χ1v) is 7.77. The van der Waals surface area contributed by atoms with Gasteiger partial charge in [0.1, 0.15) is 0 Å². The number of hydrogen-bond acceptors (Lipinski definition) is 2. The fourth-order valence-corrected chi connectivity index (χ4v) is 3.12. The Morgan fingerprint density at radius 3 is 2.95 bits per heavy atom. The van der Waals surface area contributed by atoms with E-state index in [2.05, 4.69) is 22.2 Å². The number of piperidine rings is 1. The van der Waals surface area contributed by atoms with E-state index in [0.29, 0.717) is 0 Å². The van der Waals surface area contributed by atoms with E-state index >= 15 is 0 Å². The maximum atomic E-state index is 12.3. The molecule has 1 aliphatic rings. The number of carbonyl (C=O) groups excluding carboxylic acids is 1. The number of carbonyl (C=O) groups is 1. The van der Waals surface area contributed by atoms with Gasteiger partial charge in [-0.25, -0.2) is 0 Å². The third kappa shape index (κ3) is 3.27. The monoisotopic (exact) mass is 285 g/mol. The summed E-state index contributed by atoms with van der Waals surface area (Å²) < 4.78 is 0. The van der Waals surface area contributed by atoms with Crippen LogP contribution in [0.1, 0.15) is 29.6 Å². The molecule has 1 aliphatic heterocycles. The van der Waals surface area contributed by atoms with E-state index in [0.717, 1.165) is 35.3 Å². The molecular formula is C17H23N3O. The summed E-state index contributed by atoms with van der Waals surface area (Å²) in [5, 5.41) is 4.07. The van der Waals surface area contributed by atoms with Crippen molar-refractivity contribution in [3.63, 3.8) is 0 Å². The fraction of sp³-hybridized carbons (Fsp3) is 0.471. The number of hydrogen-bond donors (Lipinski definition) is 2. The van der Waals surface area contributed by atoms with Gasteiger partial charge in [-0.3, -0.25) is 4.79 Å². The van der Waals surface area contributed by atoms with Gasteiger partial charge in [-0.05, 0) is 63.5 Å². The summed E-state index contributed by atoms with van der Waals surface area (Å²) in [5.41, 5.74) is 1.77. The van der Waals surface area contributed by atoms with Crippen molar-refractivity contribution in [1.29, 1.82) is 0 Å². The molecule has 4 heteroatoms. The minimum atomic E-state index is 0.0353. The molecule has 0 atom stereocenters. The van der Waals surface area contributed by atoms with Gasteiger partial charge in [-0.1, -0.05) is 6.07 Å². The number of nitrogens with one attached hydrogen (secondary N) is 2. The Labute approximate surface area is 125 Å². The Kier molecular flexibility index (Phi) is 4.25. The molecule has 4 nitrogen and oxygen atoms in total.